The van der Waals surface area contributed by atoms with E-state index in [2.05, 4.69) is 12.2 Å². The number of nitro benzene ring substituents is 1. The van der Waals surface area contributed by atoms with Crippen LogP contribution in [0.4, 0.5) is 11.4 Å². The van der Waals surface area contributed by atoms with Crippen LogP contribution in [0.5, 0.6) is 5.75 Å². The number of carbonyl (C=O) groups is 1. The molecule has 7 heteroatoms. The summed E-state index contributed by atoms with van der Waals surface area (Å²) in [5.74, 6) is 0.189. The number of carbonyl (C=O) groups excluding carboxylic acids is 1. The molecule has 138 valence electrons. The van der Waals surface area contributed by atoms with Crippen LogP contribution in [0.2, 0.25) is 0 Å². The summed E-state index contributed by atoms with van der Waals surface area (Å²) in [6, 6.07) is 2.81. The van der Waals surface area contributed by atoms with E-state index in [-0.39, 0.29) is 23.4 Å². The molecule has 0 unspecified atom stereocenters. The Bertz CT molecular complexity index is 633. The van der Waals surface area contributed by atoms with Crippen molar-refractivity contribution in [3.8, 4) is 5.75 Å². The molecule has 1 amide bonds. The Morgan fingerprint density at radius 2 is 2.16 bits per heavy atom. The number of nitrogens with zero attached hydrogens (tertiary/aromatic N) is 2. The molecule has 2 rings (SSSR count). The summed E-state index contributed by atoms with van der Waals surface area (Å²) < 4.78 is 5.10. The van der Waals surface area contributed by atoms with E-state index in [0.717, 1.165) is 24.9 Å². The summed E-state index contributed by atoms with van der Waals surface area (Å²) in [4.78, 5) is 25.1. The highest BCUT2D eigenvalue weighted by Gasteiger charge is 2.31. The third-order valence-corrected chi connectivity index (χ3v) is 4.59. The highest BCUT2D eigenvalue weighted by molar-refractivity contribution is 5.99. The number of nitro groups is 1. The molecule has 1 aromatic rings. The summed E-state index contributed by atoms with van der Waals surface area (Å²) in [5.41, 5.74) is 1.42. The maximum atomic E-state index is 12.7. The lowest BCUT2D eigenvalue weighted by molar-refractivity contribution is -0.385. The van der Waals surface area contributed by atoms with Crippen LogP contribution in [0, 0.1) is 10.1 Å². The van der Waals surface area contributed by atoms with Crippen molar-refractivity contribution in [1.29, 1.82) is 0 Å². The molecule has 1 N–H and O–H groups in total. The molecule has 0 saturated heterocycles. The topological polar surface area (TPSA) is 84.7 Å². The fraction of sp³-hybridized carbons (Fsp3) is 0.611. The lowest BCUT2D eigenvalue weighted by Gasteiger charge is -2.22. The van der Waals surface area contributed by atoms with Crippen molar-refractivity contribution in [3.05, 3.63) is 27.8 Å². The molecule has 1 aliphatic heterocycles. The zero-order chi connectivity index (χ0) is 18.4. The van der Waals surface area contributed by atoms with Gasteiger partial charge in [-0.05, 0) is 37.9 Å². The van der Waals surface area contributed by atoms with Gasteiger partial charge in [-0.15, -0.1) is 0 Å². The Hall–Kier alpha value is -2.15. The number of ether oxygens (including phenoxy) is 1. The van der Waals surface area contributed by atoms with Gasteiger partial charge in [-0.3, -0.25) is 14.9 Å². The first-order chi connectivity index (χ1) is 12.0. The molecule has 1 aliphatic rings. The summed E-state index contributed by atoms with van der Waals surface area (Å²) in [5, 5.41) is 14.5. The van der Waals surface area contributed by atoms with Gasteiger partial charge in [0.05, 0.1) is 23.8 Å². The van der Waals surface area contributed by atoms with Gasteiger partial charge >= 0.3 is 5.69 Å². The zero-order valence-corrected chi connectivity index (χ0v) is 15.2. The lowest BCUT2D eigenvalue weighted by atomic mass is 10.1. The molecular formula is C18H27N3O4. The number of amides is 1. The number of hydrogen-bond donors (Lipinski definition) is 1. The van der Waals surface area contributed by atoms with Gasteiger partial charge in [-0.25, -0.2) is 0 Å². The van der Waals surface area contributed by atoms with E-state index >= 15 is 0 Å². The molecule has 7 nitrogen and oxygen atoms in total. The molecule has 0 bridgehead atoms. The number of methoxy groups -OCH3 is 1. The molecular weight excluding hydrogens is 322 g/mol. The lowest BCUT2D eigenvalue weighted by Crippen LogP contribution is -2.44. The maximum absolute atomic E-state index is 12.7. The smallest absolute Gasteiger partial charge is 0.313 e. The van der Waals surface area contributed by atoms with Crippen molar-refractivity contribution in [2.24, 2.45) is 0 Å². The second kappa shape index (κ2) is 8.80. The predicted octanol–water partition coefficient (Wildman–Crippen LogP) is 3.05. The highest BCUT2D eigenvalue weighted by Crippen LogP contribution is 2.38. The summed E-state index contributed by atoms with van der Waals surface area (Å²) in [6.45, 7) is 5.35. The highest BCUT2D eigenvalue weighted by atomic mass is 16.6. The molecule has 0 fully saturated rings. The Morgan fingerprint density at radius 1 is 1.40 bits per heavy atom. The van der Waals surface area contributed by atoms with E-state index in [4.69, 9.17) is 4.74 Å². The average Bonchev–Trinajstić information content (AvgIpc) is 3.02. The van der Waals surface area contributed by atoms with Gasteiger partial charge in [-0.2, -0.15) is 0 Å². The second-order valence-electron chi connectivity index (χ2n) is 6.39. The minimum atomic E-state index is -0.477. The first-order valence-corrected chi connectivity index (χ1v) is 8.89. The average molecular weight is 349 g/mol. The number of rotatable bonds is 9. The molecule has 0 radical (unpaired) electrons. The minimum Gasteiger partial charge on any atom is -0.490 e. The Kier molecular flexibility index (Phi) is 6.75. The predicted molar refractivity (Wildman–Crippen MR) is 97.3 cm³/mol. The van der Waals surface area contributed by atoms with Gasteiger partial charge in [0.2, 0.25) is 5.91 Å². The molecule has 25 heavy (non-hydrogen) atoms. The summed E-state index contributed by atoms with van der Waals surface area (Å²) in [7, 11) is 1.41. The van der Waals surface area contributed by atoms with E-state index in [1.54, 1.807) is 11.0 Å². The van der Waals surface area contributed by atoms with Gasteiger partial charge < -0.3 is 15.0 Å². The molecule has 1 atom stereocenters. The SMILES string of the molecule is CCCCCCN[C@@H](C)C(=O)N1CCc2cc(OC)c([N+](=O)[O-])cc21. The summed E-state index contributed by atoms with van der Waals surface area (Å²) in [6.07, 6.45) is 5.27. The van der Waals surface area contributed by atoms with Crippen molar-refractivity contribution in [2.75, 3.05) is 25.1 Å². The van der Waals surface area contributed by atoms with Crippen LogP contribution in [-0.2, 0) is 11.2 Å². The number of unbranched alkanes of at least 4 members (excludes halogenated alkanes) is 3. The van der Waals surface area contributed by atoms with E-state index in [1.807, 2.05) is 6.92 Å². The van der Waals surface area contributed by atoms with Crippen LogP contribution in [0.25, 0.3) is 0 Å². The Morgan fingerprint density at radius 3 is 2.80 bits per heavy atom. The van der Waals surface area contributed by atoms with Crippen LogP contribution in [0.1, 0.15) is 45.1 Å². The second-order valence-corrected chi connectivity index (χ2v) is 6.39. The fourth-order valence-corrected chi connectivity index (χ4v) is 3.13. The maximum Gasteiger partial charge on any atom is 0.313 e. The first kappa shape index (κ1) is 19.2. The quantitative estimate of drug-likeness (QED) is 0.421. The van der Waals surface area contributed by atoms with E-state index in [9.17, 15) is 14.9 Å². The molecule has 0 aromatic heterocycles. The normalized spacial score (nSPS) is 14.3. The van der Waals surface area contributed by atoms with Crippen molar-refractivity contribution < 1.29 is 14.5 Å². The number of hydrogen-bond acceptors (Lipinski definition) is 5. The van der Waals surface area contributed by atoms with Gasteiger partial charge in [0, 0.05) is 12.6 Å². The number of anilines is 1. The van der Waals surface area contributed by atoms with Gasteiger partial charge in [0.1, 0.15) is 0 Å². The van der Waals surface area contributed by atoms with Crippen LogP contribution < -0.4 is 15.0 Å². The van der Waals surface area contributed by atoms with Crippen LogP contribution in [0.3, 0.4) is 0 Å². The van der Waals surface area contributed by atoms with E-state index < -0.39 is 4.92 Å². The monoisotopic (exact) mass is 349 g/mol. The van der Waals surface area contributed by atoms with Gasteiger partial charge in [0.15, 0.2) is 5.75 Å². The van der Waals surface area contributed by atoms with Crippen LogP contribution in [0.15, 0.2) is 12.1 Å². The first-order valence-electron chi connectivity index (χ1n) is 8.89. The van der Waals surface area contributed by atoms with Gasteiger partial charge in [0.25, 0.3) is 0 Å². The Balaban J connectivity index is 2.06. The van der Waals surface area contributed by atoms with Crippen molar-refractivity contribution in [3.63, 3.8) is 0 Å². The van der Waals surface area contributed by atoms with E-state index in [1.165, 1.54) is 26.0 Å². The van der Waals surface area contributed by atoms with Crippen molar-refractivity contribution in [2.45, 2.75) is 52.0 Å². The number of fused-ring (bicyclic) bond motifs is 1. The van der Waals surface area contributed by atoms with Crippen molar-refractivity contribution >= 4 is 17.3 Å². The molecule has 0 saturated carbocycles. The number of nitrogens with one attached hydrogen (secondary N) is 1. The number of benzene rings is 1. The molecule has 1 heterocycles. The van der Waals surface area contributed by atoms with Crippen LogP contribution >= 0.6 is 0 Å². The largest absolute Gasteiger partial charge is 0.490 e. The van der Waals surface area contributed by atoms with E-state index in [0.29, 0.717) is 18.7 Å². The van der Waals surface area contributed by atoms with Gasteiger partial charge in [-0.1, -0.05) is 26.2 Å². The third kappa shape index (κ3) is 4.48. The minimum absolute atomic E-state index is 0.0475. The third-order valence-electron chi connectivity index (χ3n) is 4.59. The van der Waals surface area contributed by atoms with Crippen molar-refractivity contribution in [1.82, 2.24) is 5.32 Å². The molecule has 0 spiro atoms. The summed E-state index contributed by atoms with van der Waals surface area (Å²) >= 11 is 0. The Labute approximate surface area is 148 Å². The standard InChI is InChI=1S/C18H27N3O4/c1-4-5-6-7-9-19-13(2)18(22)20-10-8-14-11-17(25-3)16(21(23)24)12-15(14)20/h11-13,19H,4-10H2,1-3H3/t13-/m0/s1. The fourth-order valence-electron chi connectivity index (χ4n) is 3.13. The molecule has 0 aliphatic carbocycles. The molecule has 1 aromatic carbocycles. The van der Waals surface area contributed by atoms with Crippen LogP contribution in [-0.4, -0.2) is 37.1 Å². The zero-order valence-electron chi connectivity index (χ0n) is 15.2.